The van der Waals surface area contributed by atoms with Crippen LogP contribution < -0.4 is 5.73 Å². The quantitative estimate of drug-likeness (QED) is 0.583. The molecule has 7 heteroatoms. The maximum Gasteiger partial charge on any atom is 0.338 e. The van der Waals surface area contributed by atoms with Crippen LogP contribution in [0.3, 0.4) is 0 Å². The molecule has 2 N–H and O–H groups in total. The van der Waals surface area contributed by atoms with Crippen molar-refractivity contribution in [1.82, 2.24) is 4.90 Å². The number of nitrogens with two attached hydrogens (primary N) is 1. The number of benzene rings is 2. The molecule has 29 heavy (non-hydrogen) atoms. The van der Waals surface area contributed by atoms with Crippen LogP contribution in [0.1, 0.15) is 22.3 Å². The highest BCUT2D eigenvalue weighted by atomic mass is 35.5. The number of rotatable bonds is 6. The lowest BCUT2D eigenvalue weighted by Gasteiger charge is -2.17. The summed E-state index contributed by atoms with van der Waals surface area (Å²) in [4.78, 5) is 37.9. The molecule has 2 atom stereocenters. The summed E-state index contributed by atoms with van der Waals surface area (Å²) in [7, 11) is 0. The lowest BCUT2D eigenvalue weighted by Crippen LogP contribution is -2.30. The van der Waals surface area contributed by atoms with E-state index >= 15 is 0 Å². The Morgan fingerprint density at radius 3 is 2.55 bits per heavy atom. The van der Waals surface area contributed by atoms with Crippen LogP contribution in [0.2, 0.25) is 5.02 Å². The first-order valence-corrected chi connectivity index (χ1v) is 9.57. The van der Waals surface area contributed by atoms with Crippen molar-refractivity contribution in [1.29, 1.82) is 0 Å². The zero-order chi connectivity index (χ0) is 20.8. The fourth-order valence-electron chi connectivity index (χ4n) is 3.27. The summed E-state index contributed by atoms with van der Waals surface area (Å²) in [6.45, 7) is 0.490. The molecule has 0 aliphatic carbocycles. The van der Waals surface area contributed by atoms with Crippen LogP contribution in [0.5, 0.6) is 0 Å². The second-order valence-electron chi connectivity index (χ2n) is 6.87. The first kappa shape index (κ1) is 20.6. The molecule has 1 heterocycles. The third-order valence-electron chi connectivity index (χ3n) is 4.69. The minimum absolute atomic E-state index is 0.0362. The number of hydrogen-bond acceptors (Lipinski definition) is 4. The zero-order valence-corrected chi connectivity index (χ0v) is 16.4. The molecular weight excluding hydrogens is 392 g/mol. The number of nitrogens with zero attached hydrogens (tertiary/aromatic N) is 1. The number of halogens is 1. The van der Waals surface area contributed by atoms with E-state index in [4.69, 9.17) is 22.1 Å². The summed E-state index contributed by atoms with van der Waals surface area (Å²) in [6, 6.07) is 15.7. The van der Waals surface area contributed by atoms with Crippen molar-refractivity contribution in [3.63, 3.8) is 0 Å². The van der Waals surface area contributed by atoms with Crippen molar-refractivity contribution in [3.8, 4) is 0 Å². The largest absolute Gasteiger partial charge is 0.457 e. The Bertz CT molecular complexity index is 929. The average molecular weight is 413 g/mol. The van der Waals surface area contributed by atoms with Crippen LogP contribution in [0.4, 0.5) is 0 Å². The summed E-state index contributed by atoms with van der Waals surface area (Å²) in [5.74, 6) is -1.57. The van der Waals surface area contributed by atoms with Crippen LogP contribution >= 0.6 is 11.6 Å². The highest BCUT2D eigenvalue weighted by Gasteiger charge is 2.38. The maximum absolute atomic E-state index is 12.6. The first-order valence-electron chi connectivity index (χ1n) is 9.19. The standard InChI is InChI=1S/C22H21ClN2O4/c23-18-8-4-5-15(11-18)9-10-21(27)25-13-17(12-20(24)26)19(14-25)29-22(28)16-6-2-1-3-7-16/h1-11,17,19H,12-14H2,(H2,24,26)/b10-9+/t17-,19+/m0/s1. The monoisotopic (exact) mass is 412 g/mol. The molecule has 2 aromatic rings. The summed E-state index contributed by atoms with van der Waals surface area (Å²) in [5.41, 5.74) is 6.55. The van der Waals surface area contributed by atoms with Gasteiger partial charge in [-0.25, -0.2) is 4.79 Å². The third-order valence-corrected chi connectivity index (χ3v) is 4.93. The number of primary amides is 1. The molecule has 1 aliphatic heterocycles. The fourth-order valence-corrected chi connectivity index (χ4v) is 3.47. The Morgan fingerprint density at radius 1 is 1.10 bits per heavy atom. The van der Waals surface area contributed by atoms with Crippen LogP contribution in [-0.2, 0) is 14.3 Å². The van der Waals surface area contributed by atoms with Crippen LogP contribution in [-0.4, -0.2) is 41.9 Å². The molecular formula is C22H21ClN2O4. The smallest absolute Gasteiger partial charge is 0.338 e. The summed E-state index contributed by atoms with van der Waals surface area (Å²) >= 11 is 5.95. The highest BCUT2D eigenvalue weighted by Crippen LogP contribution is 2.25. The van der Waals surface area contributed by atoms with Gasteiger partial charge >= 0.3 is 5.97 Å². The number of likely N-dealkylation sites (tertiary alicyclic amines) is 1. The Balaban J connectivity index is 1.68. The van der Waals surface area contributed by atoms with Crippen LogP contribution in [0, 0.1) is 5.92 Å². The molecule has 1 fully saturated rings. The summed E-state index contributed by atoms with van der Waals surface area (Å²) < 4.78 is 5.59. The highest BCUT2D eigenvalue weighted by molar-refractivity contribution is 6.30. The number of carbonyl (C=O) groups excluding carboxylic acids is 3. The van der Waals surface area contributed by atoms with Crippen LogP contribution in [0.15, 0.2) is 60.7 Å². The summed E-state index contributed by atoms with van der Waals surface area (Å²) in [5, 5.41) is 0.579. The third kappa shape index (κ3) is 5.68. The number of esters is 1. The molecule has 0 spiro atoms. The molecule has 0 aromatic heterocycles. The van der Waals surface area contributed by atoms with Gasteiger partial charge in [0.1, 0.15) is 6.10 Å². The predicted molar refractivity (Wildman–Crippen MR) is 110 cm³/mol. The number of carbonyl (C=O) groups is 3. The van der Waals surface area contributed by atoms with Crippen molar-refractivity contribution in [2.24, 2.45) is 11.7 Å². The number of ether oxygens (including phenoxy) is 1. The Labute approximate surface area is 173 Å². The SMILES string of the molecule is NC(=O)C[C@H]1CN(C(=O)/C=C/c2cccc(Cl)c2)C[C@H]1OC(=O)c1ccccc1. The van der Waals surface area contributed by atoms with E-state index in [-0.39, 0.29) is 31.3 Å². The van der Waals surface area contributed by atoms with Crippen molar-refractivity contribution in [2.45, 2.75) is 12.5 Å². The Hall–Kier alpha value is -3.12. The molecule has 1 aliphatic rings. The number of hydrogen-bond donors (Lipinski definition) is 1. The normalized spacial score (nSPS) is 18.7. The predicted octanol–water partition coefficient (Wildman–Crippen LogP) is 2.91. The second kappa shape index (κ2) is 9.39. The van der Waals surface area contributed by atoms with E-state index in [0.29, 0.717) is 10.6 Å². The van der Waals surface area contributed by atoms with E-state index in [2.05, 4.69) is 0 Å². The van der Waals surface area contributed by atoms with Crippen molar-refractivity contribution < 1.29 is 19.1 Å². The first-order chi connectivity index (χ1) is 13.9. The van der Waals surface area contributed by atoms with Crippen molar-refractivity contribution >= 4 is 35.5 Å². The molecule has 1 saturated heterocycles. The lowest BCUT2D eigenvalue weighted by atomic mass is 10.0. The maximum atomic E-state index is 12.6. The van der Waals surface area contributed by atoms with E-state index in [1.807, 2.05) is 6.07 Å². The van der Waals surface area contributed by atoms with Gasteiger partial charge in [0, 0.05) is 30.0 Å². The summed E-state index contributed by atoms with van der Waals surface area (Å²) in [6.07, 6.45) is 2.54. The molecule has 2 amide bonds. The van der Waals surface area contributed by atoms with E-state index < -0.39 is 18.0 Å². The van der Waals surface area contributed by atoms with E-state index in [0.717, 1.165) is 5.56 Å². The van der Waals surface area contributed by atoms with Gasteiger partial charge in [-0.15, -0.1) is 0 Å². The Morgan fingerprint density at radius 2 is 1.86 bits per heavy atom. The van der Waals surface area contributed by atoms with E-state index in [1.165, 1.54) is 6.08 Å². The van der Waals surface area contributed by atoms with E-state index in [9.17, 15) is 14.4 Å². The van der Waals surface area contributed by atoms with Gasteiger partial charge in [-0.1, -0.05) is 41.9 Å². The molecule has 3 rings (SSSR count). The lowest BCUT2D eigenvalue weighted by molar-refractivity contribution is -0.125. The molecule has 6 nitrogen and oxygen atoms in total. The van der Waals surface area contributed by atoms with Gasteiger partial charge in [-0.05, 0) is 35.9 Å². The van der Waals surface area contributed by atoms with Crippen molar-refractivity contribution in [3.05, 3.63) is 76.8 Å². The van der Waals surface area contributed by atoms with Gasteiger partial charge in [0.15, 0.2) is 0 Å². The van der Waals surface area contributed by atoms with Gasteiger partial charge in [-0.2, -0.15) is 0 Å². The van der Waals surface area contributed by atoms with Gasteiger partial charge < -0.3 is 15.4 Å². The van der Waals surface area contributed by atoms with Gasteiger partial charge in [0.2, 0.25) is 11.8 Å². The molecule has 150 valence electrons. The van der Waals surface area contributed by atoms with Crippen molar-refractivity contribution in [2.75, 3.05) is 13.1 Å². The van der Waals surface area contributed by atoms with Gasteiger partial charge in [0.05, 0.1) is 12.1 Å². The Kier molecular flexibility index (Phi) is 6.67. The number of amides is 2. The fraction of sp³-hybridized carbons (Fsp3) is 0.227. The molecule has 0 bridgehead atoms. The van der Waals surface area contributed by atoms with Gasteiger partial charge in [0.25, 0.3) is 0 Å². The molecule has 0 saturated carbocycles. The average Bonchev–Trinajstić information content (AvgIpc) is 3.08. The van der Waals surface area contributed by atoms with E-state index in [1.54, 1.807) is 59.5 Å². The zero-order valence-electron chi connectivity index (χ0n) is 15.7. The minimum atomic E-state index is -0.598. The minimum Gasteiger partial charge on any atom is -0.457 e. The van der Waals surface area contributed by atoms with Gasteiger partial charge in [-0.3, -0.25) is 9.59 Å². The van der Waals surface area contributed by atoms with Crippen LogP contribution in [0.25, 0.3) is 6.08 Å². The second-order valence-corrected chi connectivity index (χ2v) is 7.31. The molecule has 0 radical (unpaired) electrons. The topological polar surface area (TPSA) is 89.7 Å². The molecule has 2 aromatic carbocycles. The molecule has 0 unspecified atom stereocenters.